The molecule has 0 fully saturated rings. The van der Waals surface area contributed by atoms with Crippen molar-refractivity contribution in [2.75, 3.05) is 6.79 Å². The Morgan fingerprint density at radius 1 is 0.968 bits per heavy atom. The molecule has 2 aromatic carbocycles. The highest BCUT2D eigenvalue weighted by molar-refractivity contribution is 7.89. The maximum Gasteiger partial charge on any atom is 0.277 e. The Morgan fingerprint density at radius 3 is 2.13 bits per heavy atom. The lowest BCUT2D eigenvalue weighted by molar-refractivity contribution is 0.174. The van der Waals surface area contributed by atoms with Gasteiger partial charge in [-0.25, -0.2) is 0 Å². The molecular weight excluding hydrogens is 412 g/mol. The van der Waals surface area contributed by atoms with Gasteiger partial charge in [-0.2, -0.15) is 18.4 Å². The van der Waals surface area contributed by atoms with E-state index >= 15 is 0 Å². The van der Waals surface area contributed by atoms with E-state index in [0.29, 0.717) is 33.6 Å². The molecule has 1 N–H and O–H groups in total. The summed E-state index contributed by atoms with van der Waals surface area (Å²) >= 11 is 0. The topological polar surface area (TPSA) is 77.0 Å². The van der Waals surface area contributed by atoms with Crippen molar-refractivity contribution in [2.24, 2.45) is 5.10 Å². The second-order valence-electron chi connectivity index (χ2n) is 8.82. The van der Waals surface area contributed by atoms with E-state index in [0.717, 1.165) is 16.7 Å². The van der Waals surface area contributed by atoms with Gasteiger partial charge in [-0.1, -0.05) is 59.7 Å². The van der Waals surface area contributed by atoms with Gasteiger partial charge >= 0.3 is 0 Å². The molecule has 31 heavy (non-hydrogen) atoms. The molecule has 0 radical (unpaired) electrons. The van der Waals surface area contributed by atoms with Crippen LogP contribution in [0.4, 0.5) is 0 Å². The van der Waals surface area contributed by atoms with Gasteiger partial charge in [-0.3, -0.25) is 0 Å². The summed E-state index contributed by atoms with van der Waals surface area (Å²) in [5.41, 5.74) is 3.96. The summed E-state index contributed by atoms with van der Waals surface area (Å²) in [6, 6.07) is 9.50. The smallest absolute Gasteiger partial charge is 0.277 e. The molecule has 1 aliphatic heterocycles. The van der Waals surface area contributed by atoms with Crippen LogP contribution in [0.25, 0.3) is 0 Å². The van der Waals surface area contributed by atoms with E-state index in [2.05, 4.69) is 23.8 Å². The number of ether oxygens (including phenoxy) is 2. The Morgan fingerprint density at radius 2 is 1.58 bits per heavy atom. The molecule has 3 rings (SSSR count). The predicted octanol–water partition coefficient (Wildman–Crippen LogP) is 5.49. The molecule has 0 saturated carbocycles. The first-order valence-corrected chi connectivity index (χ1v) is 12.1. The number of sulfonamides is 1. The van der Waals surface area contributed by atoms with E-state index in [4.69, 9.17) is 9.47 Å². The molecule has 0 spiro atoms. The van der Waals surface area contributed by atoms with Crippen molar-refractivity contribution in [1.29, 1.82) is 0 Å². The monoisotopic (exact) mass is 444 g/mol. The first kappa shape index (κ1) is 23.1. The third-order valence-corrected chi connectivity index (χ3v) is 6.81. The zero-order valence-electron chi connectivity index (χ0n) is 19.3. The van der Waals surface area contributed by atoms with Gasteiger partial charge in [-0.05, 0) is 53.5 Å². The maximum atomic E-state index is 13.5. The van der Waals surface area contributed by atoms with E-state index in [1.807, 2.05) is 58.0 Å². The molecule has 2 aromatic rings. The molecule has 1 aliphatic rings. The SMILES string of the molecule is C/C(=N\NS(=O)(=O)c1c(C(C)C)cc(C(C)C)cc1C(C)C)c1cccc2c1OCO2. The van der Waals surface area contributed by atoms with Crippen LogP contribution in [0, 0.1) is 0 Å². The average Bonchev–Trinajstić information content (AvgIpc) is 3.19. The molecule has 0 aromatic heterocycles. The molecule has 0 unspecified atom stereocenters. The Bertz CT molecular complexity index is 1070. The van der Waals surface area contributed by atoms with Gasteiger partial charge in [0.1, 0.15) is 0 Å². The summed E-state index contributed by atoms with van der Waals surface area (Å²) in [6.45, 7) is 14.2. The summed E-state index contributed by atoms with van der Waals surface area (Å²) in [5, 5.41) is 4.22. The molecule has 0 bridgehead atoms. The molecular formula is C24H32N2O4S. The van der Waals surface area contributed by atoms with Crippen LogP contribution < -0.4 is 14.3 Å². The summed E-state index contributed by atoms with van der Waals surface area (Å²) in [4.78, 5) is 2.80. The van der Waals surface area contributed by atoms with Crippen molar-refractivity contribution in [3.8, 4) is 11.5 Å². The van der Waals surface area contributed by atoms with Gasteiger partial charge in [0.05, 0.1) is 10.6 Å². The van der Waals surface area contributed by atoms with Gasteiger partial charge in [0, 0.05) is 5.56 Å². The third kappa shape index (κ3) is 4.71. The van der Waals surface area contributed by atoms with E-state index in [-0.39, 0.29) is 18.6 Å². The summed E-state index contributed by atoms with van der Waals surface area (Å²) in [6.07, 6.45) is 0. The van der Waals surface area contributed by atoms with Gasteiger partial charge in [0.15, 0.2) is 11.5 Å². The van der Waals surface area contributed by atoms with Crippen LogP contribution in [0.5, 0.6) is 11.5 Å². The number of hydrogen-bond acceptors (Lipinski definition) is 5. The van der Waals surface area contributed by atoms with Crippen LogP contribution >= 0.6 is 0 Å². The minimum absolute atomic E-state index is 0.0517. The zero-order chi connectivity index (χ0) is 22.9. The Balaban J connectivity index is 2.06. The van der Waals surface area contributed by atoms with Gasteiger partial charge in [0.25, 0.3) is 10.0 Å². The van der Waals surface area contributed by atoms with Gasteiger partial charge in [-0.15, -0.1) is 0 Å². The van der Waals surface area contributed by atoms with Crippen LogP contribution in [0.3, 0.4) is 0 Å². The van der Waals surface area contributed by atoms with Crippen LogP contribution in [-0.2, 0) is 10.0 Å². The Kier molecular flexibility index (Phi) is 6.65. The van der Waals surface area contributed by atoms with Crippen molar-refractivity contribution >= 4 is 15.7 Å². The zero-order valence-corrected chi connectivity index (χ0v) is 20.1. The summed E-state index contributed by atoms with van der Waals surface area (Å²) in [5.74, 6) is 1.62. The number of fused-ring (bicyclic) bond motifs is 1. The minimum Gasteiger partial charge on any atom is -0.454 e. The number of hydrazone groups is 1. The Hall–Kier alpha value is -2.54. The van der Waals surface area contributed by atoms with Gasteiger partial charge < -0.3 is 9.47 Å². The molecule has 168 valence electrons. The summed E-state index contributed by atoms with van der Waals surface area (Å²) in [7, 11) is -3.88. The maximum absolute atomic E-state index is 13.5. The van der Waals surface area contributed by atoms with Crippen molar-refractivity contribution in [1.82, 2.24) is 4.83 Å². The van der Waals surface area contributed by atoms with Crippen molar-refractivity contribution < 1.29 is 17.9 Å². The number of rotatable bonds is 7. The number of benzene rings is 2. The first-order chi connectivity index (χ1) is 14.5. The second-order valence-corrected chi connectivity index (χ2v) is 10.4. The van der Waals surface area contributed by atoms with Crippen molar-refractivity contribution in [2.45, 2.75) is 71.1 Å². The van der Waals surface area contributed by atoms with E-state index < -0.39 is 10.0 Å². The molecule has 0 atom stereocenters. The molecule has 1 heterocycles. The quantitative estimate of drug-likeness (QED) is 0.453. The van der Waals surface area contributed by atoms with Crippen molar-refractivity contribution in [3.63, 3.8) is 0 Å². The first-order valence-electron chi connectivity index (χ1n) is 10.7. The fourth-order valence-corrected chi connectivity index (χ4v) is 5.21. The highest BCUT2D eigenvalue weighted by Crippen LogP contribution is 2.36. The predicted molar refractivity (Wildman–Crippen MR) is 124 cm³/mol. The lowest BCUT2D eigenvalue weighted by Gasteiger charge is -2.22. The van der Waals surface area contributed by atoms with Crippen LogP contribution in [0.15, 0.2) is 40.3 Å². The number of nitrogens with one attached hydrogen (secondary N) is 1. The molecule has 7 heteroatoms. The van der Waals surface area contributed by atoms with Crippen LogP contribution in [-0.4, -0.2) is 20.9 Å². The standard InChI is InChI=1S/C24H32N2O4S/c1-14(2)18-11-20(15(3)4)24(21(12-18)16(5)6)31(27,28)26-25-17(7)19-9-8-10-22-23(19)30-13-29-22/h8-12,14-16,26H,13H2,1-7H3/b25-17+. The van der Waals surface area contributed by atoms with E-state index in [1.165, 1.54) is 0 Å². The second kappa shape index (κ2) is 8.91. The normalized spacial score (nSPS) is 14.1. The highest BCUT2D eigenvalue weighted by atomic mass is 32.2. The highest BCUT2D eigenvalue weighted by Gasteiger charge is 2.27. The average molecular weight is 445 g/mol. The fourth-order valence-electron chi connectivity index (χ4n) is 3.65. The van der Waals surface area contributed by atoms with Crippen LogP contribution in [0.1, 0.15) is 88.5 Å². The lowest BCUT2D eigenvalue weighted by atomic mass is 9.89. The Labute approximate surface area is 185 Å². The molecule has 0 saturated heterocycles. The molecule has 0 aliphatic carbocycles. The van der Waals surface area contributed by atoms with E-state index in [9.17, 15) is 8.42 Å². The molecule has 6 nitrogen and oxygen atoms in total. The number of nitrogens with zero attached hydrogens (tertiary/aromatic N) is 1. The summed E-state index contributed by atoms with van der Waals surface area (Å²) < 4.78 is 37.8. The third-order valence-electron chi connectivity index (χ3n) is 5.47. The van der Waals surface area contributed by atoms with Crippen LogP contribution in [0.2, 0.25) is 0 Å². The fraction of sp³-hybridized carbons (Fsp3) is 0.458. The minimum atomic E-state index is -3.88. The molecule has 0 amide bonds. The van der Waals surface area contributed by atoms with Crippen molar-refractivity contribution in [3.05, 3.63) is 52.6 Å². The lowest BCUT2D eigenvalue weighted by Crippen LogP contribution is -2.24. The number of para-hydroxylation sites is 1. The van der Waals surface area contributed by atoms with E-state index in [1.54, 1.807) is 6.92 Å². The number of hydrogen-bond donors (Lipinski definition) is 1. The van der Waals surface area contributed by atoms with Gasteiger partial charge in [0.2, 0.25) is 6.79 Å². The largest absolute Gasteiger partial charge is 0.454 e.